The summed E-state index contributed by atoms with van der Waals surface area (Å²) in [6.07, 6.45) is -1.72. The van der Waals surface area contributed by atoms with Crippen molar-refractivity contribution < 1.29 is 18.0 Å². The summed E-state index contributed by atoms with van der Waals surface area (Å²) in [5, 5.41) is 6.64. The van der Waals surface area contributed by atoms with Gasteiger partial charge in [0.25, 0.3) is 0 Å². The van der Waals surface area contributed by atoms with Gasteiger partial charge in [0.1, 0.15) is 19.2 Å². The predicted octanol–water partition coefficient (Wildman–Crippen LogP) is 3.20. The van der Waals surface area contributed by atoms with Gasteiger partial charge in [-0.2, -0.15) is 18.3 Å². The average molecular weight is 340 g/mol. The molecule has 24 heavy (non-hydrogen) atoms. The van der Waals surface area contributed by atoms with Gasteiger partial charge in [-0.05, 0) is 23.1 Å². The molecule has 1 aromatic heterocycles. The molecule has 1 unspecified atom stereocenters. The third kappa shape index (κ3) is 4.56. The second-order valence-electron chi connectivity index (χ2n) is 6.58. The van der Waals surface area contributed by atoms with Gasteiger partial charge in [0.05, 0.1) is 11.6 Å². The van der Waals surface area contributed by atoms with E-state index >= 15 is 0 Å². The largest absolute Gasteiger partial charge is 0.416 e. The first-order chi connectivity index (χ1) is 11.1. The Morgan fingerprint density at radius 2 is 2.00 bits per heavy atom. The summed E-state index contributed by atoms with van der Waals surface area (Å²) in [6, 6.07) is 4.45. The molecular formula is C16H19F3N4O. The van der Waals surface area contributed by atoms with Crippen LogP contribution >= 0.6 is 0 Å². The van der Waals surface area contributed by atoms with Crippen LogP contribution in [0.2, 0.25) is 0 Å². The molecule has 0 aliphatic heterocycles. The summed E-state index contributed by atoms with van der Waals surface area (Å²) in [6.45, 7) is 5.51. The summed E-state index contributed by atoms with van der Waals surface area (Å²) >= 11 is 0. The summed E-state index contributed by atoms with van der Waals surface area (Å²) in [5.74, 6) is -0.349. The Kier molecular flexibility index (Phi) is 4.96. The summed E-state index contributed by atoms with van der Waals surface area (Å²) in [7, 11) is 0. The normalized spacial score (nSPS) is 13.6. The molecule has 0 saturated heterocycles. The highest BCUT2D eigenvalue weighted by molar-refractivity contribution is 5.76. The lowest BCUT2D eigenvalue weighted by molar-refractivity contribution is -0.137. The predicted molar refractivity (Wildman–Crippen MR) is 81.8 cm³/mol. The molecule has 1 atom stereocenters. The zero-order valence-electron chi connectivity index (χ0n) is 13.6. The molecule has 0 bridgehead atoms. The minimum atomic E-state index is -4.43. The molecule has 130 valence electrons. The molecule has 1 heterocycles. The molecule has 8 heteroatoms. The van der Waals surface area contributed by atoms with Crippen LogP contribution in [0.25, 0.3) is 0 Å². The molecule has 0 spiro atoms. The SMILES string of the molecule is CC(C)(C)C(NC(=O)Cn1cncn1)c1cccc(C(F)(F)F)c1. The maximum absolute atomic E-state index is 12.9. The van der Waals surface area contributed by atoms with Crippen molar-refractivity contribution in [3.63, 3.8) is 0 Å². The number of rotatable bonds is 4. The first-order valence-electron chi connectivity index (χ1n) is 7.36. The number of aromatic nitrogens is 3. The summed E-state index contributed by atoms with van der Waals surface area (Å²) in [4.78, 5) is 15.9. The van der Waals surface area contributed by atoms with E-state index in [2.05, 4.69) is 15.4 Å². The lowest BCUT2D eigenvalue weighted by Crippen LogP contribution is -2.38. The minimum absolute atomic E-state index is 0.0501. The van der Waals surface area contributed by atoms with Crippen molar-refractivity contribution >= 4 is 5.91 Å². The molecule has 1 amide bonds. The van der Waals surface area contributed by atoms with Crippen molar-refractivity contribution in [1.29, 1.82) is 0 Å². The minimum Gasteiger partial charge on any atom is -0.347 e. The van der Waals surface area contributed by atoms with Crippen LogP contribution in [-0.2, 0) is 17.5 Å². The number of carbonyl (C=O) groups excluding carboxylic acids is 1. The molecule has 5 nitrogen and oxygen atoms in total. The van der Waals surface area contributed by atoms with Crippen LogP contribution in [0, 0.1) is 5.41 Å². The van der Waals surface area contributed by atoms with E-state index < -0.39 is 23.2 Å². The lowest BCUT2D eigenvalue weighted by atomic mass is 9.82. The van der Waals surface area contributed by atoms with Crippen LogP contribution in [0.4, 0.5) is 13.2 Å². The standard InChI is InChI=1S/C16H19F3N4O/c1-15(2,3)14(22-13(24)8-23-10-20-9-21-23)11-5-4-6-12(7-11)16(17,18)19/h4-7,9-10,14H,8H2,1-3H3,(H,22,24). The Labute approximate surface area is 137 Å². The number of hydrogen-bond donors (Lipinski definition) is 1. The zero-order valence-corrected chi connectivity index (χ0v) is 13.6. The van der Waals surface area contributed by atoms with Crippen molar-refractivity contribution in [2.75, 3.05) is 0 Å². The van der Waals surface area contributed by atoms with Gasteiger partial charge >= 0.3 is 6.18 Å². The number of hydrogen-bond acceptors (Lipinski definition) is 3. The van der Waals surface area contributed by atoms with E-state index in [1.54, 1.807) is 6.07 Å². The van der Waals surface area contributed by atoms with Gasteiger partial charge in [-0.15, -0.1) is 0 Å². The van der Waals surface area contributed by atoms with Gasteiger partial charge < -0.3 is 5.32 Å². The van der Waals surface area contributed by atoms with Crippen molar-refractivity contribution in [2.45, 2.75) is 39.5 Å². The number of carbonyl (C=O) groups is 1. The average Bonchev–Trinajstić information content (AvgIpc) is 2.95. The summed E-state index contributed by atoms with van der Waals surface area (Å²) < 4.78 is 40.2. The quantitative estimate of drug-likeness (QED) is 0.930. The van der Waals surface area contributed by atoms with E-state index in [-0.39, 0.29) is 12.5 Å². The van der Waals surface area contributed by atoms with Crippen molar-refractivity contribution in [1.82, 2.24) is 20.1 Å². The molecule has 2 rings (SSSR count). The number of amides is 1. The maximum atomic E-state index is 12.9. The fourth-order valence-electron chi connectivity index (χ4n) is 2.36. The maximum Gasteiger partial charge on any atom is 0.416 e. The molecule has 2 aromatic rings. The van der Waals surface area contributed by atoms with E-state index in [1.807, 2.05) is 20.8 Å². The van der Waals surface area contributed by atoms with Crippen molar-refractivity contribution in [3.8, 4) is 0 Å². The van der Waals surface area contributed by atoms with E-state index in [1.165, 1.54) is 23.4 Å². The van der Waals surface area contributed by atoms with Crippen LogP contribution in [0.1, 0.15) is 37.9 Å². The third-order valence-electron chi connectivity index (χ3n) is 3.49. The van der Waals surface area contributed by atoms with E-state index in [0.717, 1.165) is 12.1 Å². The second kappa shape index (κ2) is 6.62. The number of halogens is 3. The lowest BCUT2D eigenvalue weighted by Gasteiger charge is -2.32. The molecule has 0 aliphatic rings. The molecule has 1 N–H and O–H groups in total. The fourth-order valence-corrected chi connectivity index (χ4v) is 2.36. The van der Waals surface area contributed by atoms with Gasteiger partial charge in [0.2, 0.25) is 5.91 Å². The first-order valence-corrected chi connectivity index (χ1v) is 7.36. The fraction of sp³-hybridized carbons (Fsp3) is 0.438. The van der Waals surface area contributed by atoms with Gasteiger partial charge in [0.15, 0.2) is 0 Å². The van der Waals surface area contributed by atoms with Crippen LogP contribution < -0.4 is 5.32 Å². The Morgan fingerprint density at radius 1 is 1.29 bits per heavy atom. The highest BCUT2D eigenvalue weighted by Gasteiger charge is 2.33. The van der Waals surface area contributed by atoms with Crippen LogP contribution in [0.15, 0.2) is 36.9 Å². The smallest absolute Gasteiger partial charge is 0.347 e. The van der Waals surface area contributed by atoms with Crippen molar-refractivity contribution in [2.24, 2.45) is 5.41 Å². The van der Waals surface area contributed by atoms with Crippen LogP contribution in [0.5, 0.6) is 0 Å². The topological polar surface area (TPSA) is 59.8 Å². The van der Waals surface area contributed by atoms with Crippen LogP contribution in [-0.4, -0.2) is 20.7 Å². The second-order valence-corrected chi connectivity index (χ2v) is 6.58. The Morgan fingerprint density at radius 3 is 2.54 bits per heavy atom. The monoisotopic (exact) mass is 340 g/mol. The van der Waals surface area contributed by atoms with Crippen LogP contribution in [0.3, 0.4) is 0 Å². The van der Waals surface area contributed by atoms with E-state index in [9.17, 15) is 18.0 Å². The van der Waals surface area contributed by atoms with Gasteiger partial charge in [-0.25, -0.2) is 9.67 Å². The molecule has 0 fully saturated rings. The number of benzene rings is 1. The molecule has 0 saturated carbocycles. The molecular weight excluding hydrogens is 321 g/mol. The van der Waals surface area contributed by atoms with E-state index in [4.69, 9.17) is 0 Å². The Balaban J connectivity index is 2.24. The number of nitrogens with one attached hydrogen (secondary N) is 1. The highest BCUT2D eigenvalue weighted by atomic mass is 19.4. The number of nitrogens with zero attached hydrogens (tertiary/aromatic N) is 3. The zero-order chi connectivity index (χ0) is 18.0. The van der Waals surface area contributed by atoms with E-state index in [0.29, 0.717) is 5.56 Å². The van der Waals surface area contributed by atoms with Crippen molar-refractivity contribution in [3.05, 3.63) is 48.0 Å². The first kappa shape index (κ1) is 18.0. The molecule has 0 aliphatic carbocycles. The third-order valence-corrected chi connectivity index (χ3v) is 3.49. The van der Waals surface area contributed by atoms with Gasteiger partial charge in [-0.1, -0.05) is 32.9 Å². The Hall–Kier alpha value is -2.38. The Bertz CT molecular complexity index is 690. The summed E-state index contributed by atoms with van der Waals surface area (Å²) in [5.41, 5.74) is -0.800. The molecule has 1 aromatic carbocycles. The van der Waals surface area contributed by atoms with Gasteiger partial charge in [-0.3, -0.25) is 4.79 Å². The highest BCUT2D eigenvalue weighted by Crippen LogP contribution is 2.36. The molecule has 0 radical (unpaired) electrons. The van der Waals surface area contributed by atoms with Gasteiger partial charge in [0, 0.05) is 0 Å². The number of alkyl halides is 3.